The van der Waals surface area contributed by atoms with Crippen molar-refractivity contribution in [1.82, 2.24) is 10.3 Å². The number of aromatic nitrogens is 1. The molecule has 110 valence electrons. The van der Waals surface area contributed by atoms with Crippen molar-refractivity contribution in [3.05, 3.63) is 24.0 Å². The van der Waals surface area contributed by atoms with Crippen LogP contribution in [0.1, 0.15) is 44.1 Å². The number of hydrogen-bond donors (Lipinski definition) is 3. The van der Waals surface area contributed by atoms with Crippen LogP contribution in [0.2, 0.25) is 0 Å². The molecule has 1 heterocycles. The van der Waals surface area contributed by atoms with Crippen molar-refractivity contribution >= 4 is 0 Å². The lowest BCUT2D eigenvalue weighted by atomic mass is 9.44. The fourth-order valence-corrected chi connectivity index (χ4v) is 6.05. The Labute approximate surface area is 121 Å². The van der Waals surface area contributed by atoms with Crippen LogP contribution in [0.15, 0.2) is 18.5 Å². The van der Waals surface area contributed by atoms with Gasteiger partial charge in [0.25, 0.3) is 0 Å². The second kappa shape index (κ2) is 4.35. The van der Waals surface area contributed by atoms with E-state index >= 15 is 0 Å². The molecular weight excluding hydrogens is 248 g/mol. The average Bonchev–Trinajstić information content (AvgIpc) is 2.91. The number of hydrogen-bond acceptors (Lipinski definition) is 2. The number of nitrogens with one attached hydrogen (secondary N) is 2. The first-order chi connectivity index (χ1) is 9.65. The Bertz CT molecular complexity index is 446. The summed E-state index contributed by atoms with van der Waals surface area (Å²) in [7, 11) is 1.96. The van der Waals surface area contributed by atoms with Crippen LogP contribution in [0.3, 0.4) is 0 Å². The molecule has 4 fully saturated rings. The molecule has 4 bridgehead atoms. The van der Waals surface area contributed by atoms with E-state index in [1.54, 1.807) is 0 Å². The molecule has 1 aromatic rings. The Balaban J connectivity index is 1.76. The maximum Gasteiger partial charge on any atom is 0.109 e. The third-order valence-electron chi connectivity index (χ3n) is 6.42. The molecule has 3 nitrogen and oxygen atoms in total. The molecule has 4 saturated carbocycles. The average molecular weight is 274 g/mol. The van der Waals surface area contributed by atoms with Gasteiger partial charge in [-0.25, -0.2) is 0 Å². The second-order valence-electron chi connectivity index (χ2n) is 7.69. The zero-order valence-corrected chi connectivity index (χ0v) is 12.4. The highest BCUT2D eigenvalue weighted by atomic mass is 16.3. The van der Waals surface area contributed by atoms with E-state index < -0.39 is 5.60 Å². The van der Waals surface area contributed by atoms with Crippen LogP contribution < -0.4 is 5.32 Å². The smallest absolute Gasteiger partial charge is 0.109 e. The molecule has 0 radical (unpaired) electrons. The number of likely N-dealkylation sites (N-methyl/N-ethyl adjacent to an activating group) is 1. The first kappa shape index (κ1) is 12.9. The van der Waals surface area contributed by atoms with Gasteiger partial charge in [-0.15, -0.1) is 0 Å². The number of aliphatic hydroxyl groups is 1. The molecule has 4 aliphatic rings. The zero-order valence-electron chi connectivity index (χ0n) is 12.4. The van der Waals surface area contributed by atoms with Crippen LogP contribution in [0.4, 0.5) is 0 Å². The number of aromatic amines is 1. The molecule has 1 aromatic heterocycles. The van der Waals surface area contributed by atoms with Gasteiger partial charge in [0.1, 0.15) is 5.60 Å². The van der Waals surface area contributed by atoms with E-state index in [1.807, 2.05) is 19.4 Å². The third-order valence-corrected chi connectivity index (χ3v) is 6.42. The minimum Gasteiger partial charge on any atom is -0.383 e. The van der Waals surface area contributed by atoms with Gasteiger partial charge >= 0.3 is 0 Å². The van der Waals surface area contributed by atoms with E-state index in [4.69, 9.17) is 0 Å². The minimum absolute atomic E-state index is 0.104. The highest BCUT2D eigenvalue weighted by molar-refractivity contribution is 5.26. The maximum absolute atomic E-state index is 11.7. The molecule has 0 aromatic carbocycles. The summed E-state index contributed by atoms with van der Waals surface area (Å²) in [6.07, 6.45) is 11.9. The molecule has 20 heavy (non-hydrogen) atoms. The first-order valence-corrected chi connectivity index (χ1v) is 8.15. The number of H-pyrrole nitrogens is 1. The van der Waals surface area contributed by atoms with E-state index in [0.717, 1.165) is 23.3 Å². The van der Waals surface area contributed by atoms with Gasteiger partial charge in [0.2, 0.25) is 0 Å². The molecule has 0 amide bonds. The first-order valence-electron chi connectivity index (χ1n) is 8.15. The van der Waals surface area contributed by atoms with Crippen molar-refractivity contribution in [2.45, 2.75) is 44.1 Å². The monoisotopic (exact) mass is 274 g/mol. The van der Waals surface area contributed by atoms with Crippen LogP contribution in [0, 0.1) is 23.2 Å². The summed E-state index contributed by atoms with van der Waals surface area (Å²) in [6.45, 7) is 0.664. The minimum atomic E-state index is -0.711. The van der Waals surface area contributed by atoms with Gasteiger partial charge < -0.3 is 15.4 Å². The summed E-state index contributed by atoms with van der Waals surface area (Å²) < 4.78 is 0. The largest absolute Gasteiger partial charge is 0.383 e. The molecule has 0 spiro atoms. The Morgan fingerprint density at radius 1 is 1.25 bits per heavy atom. The Hall–Kier alpha value is -0.800. The molecule has 0 saturated heterocycles. The lowest BCUT2D eigenvalue weighted by Gasteiger charge is -2.62. The van der Waals surface area contributed by atoms with Crippen LogP contribution in [-0.2, 0) is 5.60 Å². The van der Waals surface area contributed by atoms with E-state index in [2.05, 4.69) is 16.4 Å². The van der Waals surface area contributed by atoms with Crippen LogP contribution in [0.5, 0.6) is 0 Å². The SMILES string of the molecule is CNCC(O)(c1cc[nH]c1)C12CC3CC(CC(C3)C1)C2. The fourth-order valence-electron chi connectivity index (χ4n) is 6.05. The summed E-state index contributed by atoms with van der Waals surface area (Å²) in [5.74, 6) is 2.59. The van der Waals surface area contributed by atoms with Gasteiger partial charge in [0, 0.05) is 29.9 Å². The van der Waals surface area contributed by atoms with Gasteiger partial charge in [-0.05, 0) is 69.4 Å². The van der Waals surface area contributed by atoms with Crippen molar-refractivity contribution in [1.29, 1.82) is 0 Å². The van der Waals surface area contributed by atoms with E-state index in [1.165, 1.54) is 38.5 Å². The van der Waals surface area contributed by atoms with Gasteiger partial charge in [0.05, 0.1) is 0 Å². The quantitative estimate of drug-likeness (QED) is 0.790. The zero-order chi connectivity index (χ0) is 13.8. The maximum atomic E-state index is 11.7. The molecular formula is C17H26N2O. The van der Waals surface area contributed by atoms with Crippen molar-refractivity contribution in [2.75, 3.05) is 13.6 Å². The summed E-state index contributed by atoms with van der Waals surface area (Å²) >= 11 is 0. The van der Waals surface area contributed by atoms with Crippen molar-refractivity contribution < 1.29 is 5.11 Å². The lowest BCUT2D eigenvalue weighted by Crippen LogP contribution is -2.59. The molecule has 4 aliphatic carbocycles. The highest BCUT2D eigenvalue weighted by Crippen LogP contribution is 2.65. The summed E-state index contributed by atoms with van der Waals surface area (Å²) in [4.78, 5) is 3.14. The topological polar surface area (TPSA) is 48.0 Å². The molecule has 3 heteroatoms. The highest BCUT2D eigenvalue weighted by Gasteiger charge is 2.60. The lowest BCUT2D eigenvalue weighted by molar-refractivity contribution is -0.182. The summed E-state index contributed by atoms with van der Waals surface area (Å²) in [5, 5.41) is 14.9. The van der Waals surface area contributed by atoms with Crippen LogP contribution >= 0.6 is 0 Å². The van der Waals surface area contributed by atoms with E-state index in [-0.39, 0.29) is 5.41 Å². The van der Waals surface area contributed by atoms with Crippen LogP contribution in [-0.4, -0.2) is 23.7 Å². The van der Waals surface area contributed by atoms with Crippen molar-refractivity contribution in [3.63, 3.8) is 0 Å². The van der Waals surface area contributed by atoms with Crippen molar-refractivity contribution in [2.24, 2.45) is 23.2 Å². The van der Waals surface area contributed by atoms with Gasteiger partial charge in [-0.3, -0.25) is 0 Å². The summed E-state index contributed by atoms with van der Waals surface area (Å²) in [6, 6.07) is 2.07. The molecule has 3 N–H and O–H groups in total. The number of rotatable bonds is 4. The van der Waals surface area contributed by atoms with Gasteiger partial charge in [0.15, 0.2) is 0 Å². The van der Waals surface area contributed by atoms with Gasteiger partial charge in [-0.2, -0.15) is 0 Å². The van der Waals surface area contributed by atoms with Crippen molar-refractivity contribution in [3.8, 4) is 0 Å². The Morgan fingerprint density at radius 2 is 1.85 bits per heavy atom. The Morgan fingerprint density at radius 3 is 2.30 bits per heavy atom. The fraction of sp³-hybridized carbons (Fsp3) is 0.765. The standard InChI is InChI=1S/C17H26N2O/c1-18-11-17(20,15-2-3-19-10-15)16-7-12-4-13(8-16)6-14(5-12)9-16/h2-3,10,12-14,18-20H,4-9,11H2,1H3. The normalized spacial score (nSPS) is 41.8. The predicted octanol–water partition coefficient (Wildman–Crippen LogP) is 2.64. The molecule has 1 atom stereocenters. The predicted molar refractivity (Wildman–Crippen MR) is 79.2 cm³/mol. The third kappa shape index (κ3) is 1.66. The summed E-state index contributed by atoms with van der Waals surface area (Å²) in [5.41, 5.74) is 0.471. The van der Waals surface area contributed by atoms with E-state index in [9.17, 15) is 5.11 Å². The second-order valence-corrected chi connectivity index (χ2v) is 7.69. The van der Waals surface area contributed by atoms with Crippen LogP contribution in [0.25, 0.3) is 0 Å². The van der Waals surface area contributed by atoms with E-state index in [0.29, 0.717) is 6.54 Å². The molecule has 1 unspecified atom stereocenters. The Kier molecular flexibility index (Phi) is 2.80. The molecule has 5 rings (SSSR count). The molecule has 0 aliphatic heterocycles. The van der Waals surface area contributed by atoms with Gasteiger partial charge in [-0.1, -0.05) is 0 Å².